The first-order chi connectivity index (χ1) is 8.13. The molecule has 1 aliphatic rings. The number of rotatable bonds is 6. The predicted octanol–water partition coefficient (Wildman–Crippen LogP) is 2.63. The van der Waals surface area contributed by atoms with Crippen molar-refractivity contribution >= 4 is 11.3 Å². The maximum absolute atomic E-state index is 6.20. The van der Waals surface area contributed by atoms with Gasteiger partial charge in [-0.25, -0.2) is 4.98 Å². The van der Waals surface area contributed by atoms with Gasteiger partial charge in [0.25, 0.3) is 0 Å². The molecule has 1 heterocycles. The van der Waals surface area contributed by atoms with E-state index in [9.17, 15) is 0 Å². The molecule has 0 aliphatic heterocycles. The van der Waals surface area contributed by atoms with E-state index < -0.39 is 0 Å². The first-order valence-corrected chi connectivity index (χ1v) is 7.41. The fourth-order valence-electron chi connectivity index (χ4n) is 2.19. The van der Waals surface area contributed by atoms with Crippen LogP contribution in [0.2, 0.25) is 0 Å². The summed E-state index contributed by atoms with van der Waals surface area (Å²) in [7, 11) is 0. The molecule has 0 radical (unpaired) electrons. The van der Waals surface area contributed by atoms with E-state index in [2.05, 4.69) is 24.1 Å². The van der Waals surface area contributed by atoms with Crippen LogP contribution in [0.15, 0.2) is 6.20 Å². The van der Waals surface area contributed by atoms with Gasteiger partial charge in [0, 0.05) is 16.6 Å². The smallest absolute Gasteiger partial charge is 0.109 e. The summed E-state index contributed by atoms with van der Waals surface area (Å²) in [5, 5.41) is 4.72. The summed E-state index contributed by atoms with van der Waals surface area (Å²) < 4.78 is 0. The largest absolute Gasteiger partial charge is 0.325 e. The summed E-state index contributed by atoms with van der Waals surface area (Å²) in [5.41, 5.74) is 6.33. The molecule has 1 aliphatic carbocycles. The molecule has 1 fully saturated rings. The minimum atomic E-state index is 0.129. The Morgan fingerprint density at radius 3 is 2.88 bits per heavy atom. The topological polar surface area (TPSA) is 50.9 Å². The van der Waals surface area contributed by atoms with Crippen LogP contribution < -0.4 is 11.1 Å². The van der Waals surface area contributed by atoms with E-state index in [1.54, 1.807) is 0 Å². The Bertz CT molecular complexity index is 357. The normalized spacial score (nSPS) is 19.9. The molecule has 2 rings (SSSR count). The van der Waals surface area contributed by atoms with Crippen molar-refractivity contribution in [3.05, 3.63) is 16.1 Å². The molecule has 1 aromatic rings. The van der Waals surface area contributed by atoms with E-state index in [1.165, 1.54) is 29.1 Å². The maximum Gasteiger partial charge on any atom is 0.109 e. The Morgan fingerprint density at radius 2 is 2.35 bits per heavy atom. The fourth-order valence-corrected chi connectivity index (χ4v) is 3.08. The van der Waals surface area contributed by atoms with Gasteiger partial charge in [0.15, 0.2) is 0 Å². The number of nitrogens with zero attached hydrogens (tertiary/aromatic N) is 1. The Kier molecular flexibility index (Phi) is 4.17. The zero-order valence-electron chi connectivity index (χ0n) is 10.8. The summed E-state index contributed by atoms with van der Waals surface area (Å²) in [6.45, 7) is 5.35. The fraction of sp³-hybridized carbons (Fsp3) is 0.769. The van der Waals surface area contributed by atoms with Gasteiger partial charge in [-0.3, -0.25) is 0 Å². The molecule has 0 aromatic carbocycles. The zero-order chi connectivity index (χ0) is 12.3. The van der Waals surface area contributed by atoms with Gasteiger partial charge < -0.3 is 11.1 Å². The number of hydrogen-bond donors (Lipinski definition) is 2. The summed E-state index contributed by atoms with van der Waals surface area (Å²) in [4.78, 5) is 5.82. The lowest BCUT2D eigenvalue weighted by Gasteiger charge is -2.38. The molecular weight excluding hydrogens is 230 g/mol. The van der Waals surface area contributed by atoms with Crippen molar-refractivity contribution in [2.75, 3.05) is 6.54 Å². The lowest BCUT2D eigenvalue weighted by atomic mass is 9.75. The lowest BCUT2D eigenvalue weighted by Crippen LogP contribution is -2.48. The lowest BCUT2D eigenvalue weighted by molar-refractivity contribution is 0.227. The molecule has 0 bridgehead atoms. The van der Waals surface area contributed by atoms with E-state index in [1.807, 2.05) is 17.5 Å². The van der Waals surface area contributed by atoms with Gasteiger partial charge in [0.1, 0.15) is 5.01 Å². The van der Waals surface area contributed by atoms with E-state index in [-0.39, 0.29) is 5.54 Å². The Hall–Kier alpha value is -0.450. The van der Waals surface area contributed by atoms with Crippen molar-refractivity contribution in [3.63, 3.8) is 0 Å². The van der Waals surface area contributed by atoms with Gasteiger partial charge in [0.05, 0.1) is 6.04 Å². The third-order valence-corrected chi connectivity index (χ3v) is 5.04. The van der Waals surface area contributed by atoms with Crippen LogP contribution in [0.3, 0.4) is 0 Å². The third-order valence-electron chi connectivity index (χ3n) is 3.71. The minimum absolute atomic E-state index is 0.129. The van der Waals surface area contributed by atoms with Gasteiger partial charge in [0.2, 0.25) is 0 Å². The molecule has 1 saturated carbocycles. The van der Waals surface area contributed by atoms with Crippen molar-refractivity contribution in [1.29, 1.82) is 0 Å². The SMILES string of the molecule is CCc1cnc(C(C)NCCC2(N)CCC2)s1. The van der Waals surface area contributed by atoms with E-state index in [4.69, 9.17) is 5.73 Å². The maximum atomic E-state index is 6.20. The molecule has 17 heavy (non-hydrogen) atoms. The second-order valence-corrected chi connectivity index (χ2v) is 6.31. The molecule has 1 unspecified atom stereocenters. The van der Waals surface area contributed by atoms with Gasteiger partial charge in [-0.2, -0.15) is 0 Å². The van der Waals surface area contributed by atoms with Gasteiger partial charge in [-0.1, -0.05) is 6.92 Å². The summed E-state index contributed by atoms with van der Waals surface area (Å²) in [5.74, 6) is 0. The summed E-state index contributed by atoms with van der Waals surface area (Å²) >= 11 is 1.81. The Morgan fingerprint density at radius 1 is 1.59 bits per heavy atom. The van der Waals surface area contributed by atoms with Crippen LogP contribution in [-0.2, 0) is 6.42 Å². The quantitative estimate of drug-likeness (QED) is 0.819. The second-order valence-electron chi connectivity index (χ2n) is 5.16. The Balaban J connectivity index is 1.74. The Labute approximate surface area is 108 Å². The van der Waals surface area contributed by atoms with Crippen molar-refractivity contribution in [1.82, 2.24) is 10.3 Å². The van der Waals surface area contributed by atoms with Crippen LogP contribution in [0.1, 0.15) is 55.5 Å². The van der Waals surface area contributed by atoms with Crippen molar-refractivity contribution in [3.8, 4) is 0 Å². The summed E-state index contributed by atoms with van der Waals surface area (Å²) in [6.07, 6.45) is 7.85. The van der Waals surface area contributed by atoms with Crippen LogP contribution in [0, 0.1) is 0 Å². The van der Waals surface area contributed by atoms with Crippen molar-refractivity contribution in [2.45, 2.75) is 57.5 Å². The molecule has 3 nitrogen and oxygen atoms in total. The molecular formula is C13H23N3S. The number of nitrogens with two attached hydrogens (primary N) is 1. The van der Waals surface area contributed by atoms with Crippen LogP contribution in [0.5, 0.6) is 0 Å². The van der Waals surface area contributed by atoms with Gasteiger partial charge in [-0.15, -0.1) is 11.3 Å². The van der Waals surface area contributed by atoms with Gasteiger partial charge >= 0.3 is 0 Å². The van der Waals surface area contributed by atoms with E-state index >= 15 is 0 Å². The molecule has 96 valence electrons. The minimum Gasteiger partial charge on any atom is -0.325 e. The first kappa shape index (κ1) is 13.0. The average Bonchev–Trinajstić information content (AvgIpc) is 2.75. The van der Waals surface area contributed by atoms with E-state index in [0.29, 0.717) is 6.04 Å². The monoisotopic (exact) mass is 253 g/mol. The van der Waals surface area contributed by atoms with Crippen molar-refractivity contribution in [2.24, 2.45) is 5.73 Å². The van der Waals surface area contributed by atoms with Crippen LogP contribution in [-0.4, -0.2) is 17.1 Å². The zero-order valence-corrected chi connectivity index (χ0v) is 11.6. The number of aromatic nitrogens is 1. The number of aryl methyl sites for hydroxylation is 1. The first-order valence-electron chi connectivity index (χ1n) is 6.60. The van der Waals surface area contributed by atoms with Crippen LogP contribution in [0.25, 0.3) is 0 Å². The summed E-state index contributed by atoms with van der Waals surface area (Å²) in [6, 6.07) is 0.351. The highest BCUT2D eigenvalue weighted by Gasteiger charge is 2.31. The highest BCUT2D eigenvalue weighted by atomic mass is 32.1. The number of nitrogens with one attached hydrogen (secondary N) is 1. The number of hydrogen-bond acceptors (Lipinski definition) is 4. The average molecular weight is 253 g/mol. The van der Waals surface area contributed by atoms with E-state index in [0.717, 1.165) is 19.4 Å². The molecule has 4 heteroatoms. The second kappa shape index (κ2) is 5.46. The molecule has 0 spiro atoms. The molecule has 3 N–H and O–H groups in total. The number of thiazole rings is 1. The molecule has 1 aromatic heterocycles. The standard InChI is InChI=1S/C13H23N3S/c1-3-11-9-16-12(17-11)10(2)15-8-7-13(14)5-4-6-13/h9-10,15H,3-8,14H2,1-2H3. The van der Waals surface area contributed by atoms with Crippen LogP contribution in [0.4, 0.5) is 0 Å². The van der Waals surface area contributed by atoms with Crippen molar-refractivity contribution < 1.29 is 0 Å². The predicted molar refractivity (Wildman–Crippen MR) is 73.3 cm³/mol. The third kappa shape index (κ3) is 3.27. The van der Waals surface area contributed by atoms with Crippen LogP contribution >= 0.6 is 11.3 Å². The van der Waals surface area contributed by atoms with Gasteiger partial charge in [-0.05, 0) is 45.6 Å². The molecule has 0 amide bonds. The molecule has 0 saturated heterocycles. The molecule has 1 atom stereocenters. The highest BCUT2D eigenvalue weighted by molar-refractivity contribution is 7.11. The highest BCUT2D eigenvalue weighted by Crippen LogP contribution is 2.31.